The molecule has 0 aliphatic carbocycles. The SMILES string of the molecule is CN(C)C(=O)Sc1ccccc1NC(=O)c1ccc(N2NC(=O)CCC2=O)cc1. The highest BCUT2D eigenvalue weighted by molar-refractivity contribution is 8.13. The van der Waals surface area contributed by atoms with Crippen LogP contribution in [0.25, 0.3) is 0 Å². The Hall–Kier alpha value is -3.33. The maximum absolute atomic E-state index is 12.6. The van der Waals surface area contributed by atoms with Gasteiger partial charge in [0.1, 0.15) is 0 Å². The molecule has 9 heteroatoms. The van der Waals surface area contributed by atoms with Crippen molar-refractivity contribution in [2.24, 2.45) is 0 Å². The largest absolute Gasteiger partial charge is 0.339 e. The Morgan fingerprint density at radius 3 is 2.41 bits per heavy atom. The van der Waals surface area contributed by atoms with Crippen LogP contribution in [-0.4, -0.2) is 42.0 Å². The molecular formula is C20H20N4O4S. The van der Waals surface area contributed by atoms with Gasteiger partial charge in [-0.15, -0.1) is 0 Å². The van der Waals surface area contributed by atoms with Crippen LogP contribution in [0.1, 0.15) is 23.2 Å². The molecule has 1 aliphatic rings. The van der Waals surface area contributed by atoms with Crippen molar-refractivity contribution in [1.29, 1.82) is 0 Å². The number of benzene rings is 2. The summed E-state index contributed by atoms with van der Waals surface area (Å²) >= 11 is 1.03. The van der Waals surface area contributed by atoms with E-state index >= 15 is 0 Å². The Morgan fingerprint density at radius 1 is 1.03 bits per heavy atom. The average molecular weight is 412 g/mol. The van der Waals surface area contributed by atoms with Crippen LogP contribution in [0.15, 0.2) is 53.4 Å². The van der Waals surface area contributed by atoms with Gasteiger partial charge in [0.05, 0.1) is 11.4 Å². The molecule has 150 valence electrons. The highest BCUT2D eigenvalue weighted by Gasteiger charge is 2.24. The Morgan fingerprint density at radius 2 is 1.72 bits per heavy atom. The molecule has 0 spiro atoms. The fraction of sp³-hybridized carbons (Fsp3) is 0.200. The van der Waals surface area contributed by atoms with Crippen molar-refractivity contribution in [2.75, 3.05) is 24.4 Å². The lowest BCUT2D eigenvalue weighted by Gasteiger charge is -2.27. The Bertz CT molecular complexity index is 959. The van der Waals surface area contributed by atoms with Gasteiger partial charge in [0, 0.05) is 37.4 Å². The summed E-state index contributed by atoms with van der Waals surface area (Å²) in [7, 11) is 3.32. The topological polar surface area (TPSA) is 98.8 Å². The molecule has 0 unspecified atom stereocenters. The third kappa shape index (κ3) is 4.94. The summed E-state index contributed by atoms with van der Waals surface area (Å²) in [6.07, 6.45) is 0.317. The molecule has 0 radical (unpaired) electrons. The van der Waals surface area contributed by atoms with E-state index in [1.165, 1.54) is 9.91 Å². The molecule has 0 atom stereocenters. The number of para-hydroxylation sites is 1. The number of carbonyl (C=O) groups excluding carboxylic acids is 4. The monoisotopic (exact) mass is 412 g/mol. The minimum absolute atomic E-state index is 0.147. The highest BCUT2D eigenvalue weighted by atomic mass is 32.2. The Labute approximate surface area is 172 Å². The lowest BCUT2D eigenvalue weighted by Crippen LogP contribution is -2.50. The third-order valence-corrected chi connectivity index (χ3v) is 5.25. The standard InChI is InChI=1S/C20H20N4O4S/c1-23(2)20(28)29-16-6-4-3-5-15(16)21-19(27)13-7-9-14(10-8-13)24-18(26)12-11-17(25)22-24/h3-10H,11-12H2,1-2H3,(H,21,27)(H,22,25). The minimum Gasteiger partial charge on any atom is -0.339 e. The van der Waals surface area contributed by atoms with E-state index in [2.05, 4.69) is 10.7 Å². The van der Waals surface area contributed by atoms with Crippen LogP contribution >= 0.6 is 11.8 Å². The molecule has 4 amide bonds. The van der Waals surface area contributed by atoms with Gasteiger partial charge in [-0.05, 0) is 48.2 Å². The summed E-state index contributed by atoms with van der Waals surface area (Å²) in [5, 5.41) is 3.84. The molecule has 1 fully saturated rings. The molecule has 0 bridgehead atoms. The van der Waals surface area contributed by atoms with Crippen molar-refractivity contribution in [3.63, 3.8) is 0 Å². The van der Waals surface area contributed by atoms with E-state index in [0.29, 0.717) is 21.8 Å². The van der Waals surface area contributed by atoms with Crippen molar-refractivity contribution >= 4 is 46.1 Å². The smallest absolute Gasteiger partial charge is 0.286 e. The summed E-state index contributed by atoms with van der Waals surface area (Å²) in [5.74, 6) is -0.790. The summed E-state index contributed by atoms with van der Waals surface area (Å²) in [4.78, 5) is 50.2. The molecule has 2 N–H and O–H groups in total. The van der Waals surface area contributed by atoms with Crippen LogP contribution in [0.3, 0.4) is 0 Å². The fourth-order valence-electron chi connectivity index (χ4n) is 2.58. The number of amides is 4. The van der Waals surface area contributed by atoms with Crippen LogP contribution < -0.4 is 15.8 Å². The molecule has 1 heterocycles. The van der Waals surface area contributed by atoms with Crippen LogP contribution in [-0.2, 0) is 9.59 Å². The molecular weight excluding hydrogens is 392 g/mol. The number of rotatable bonds is 4. The number of hydrogen-bond donors (Lipinski definition) is 2. The van der Waals surface area contributed by atoms with E-state index in [0.717, 1.165) is 11.8 Å². The molecule has 29 heavy (non-hydrogen) atoms. The second-order valence-electron chi connectivity index (χ2n) is 6.52. The first-order chi connectivity index (χ1) is 13.8. The first-order valence-electron chi connectivity index (χ1n) is 8.87. The number of hydrazine groups is 1. The normalized spacial score (nSPS) is 13.7. The van der Waals surface area contributed by atoms with Crippen molar-refractivity contribution in [3.8, 4) is 0 Å². The summed E-state index contributed by atoms with van der Waals surface area (Å²) in [6, 6.07) is 13.4. The summed E-state index contributed by atoms with van der Waals surface area (Å²) in [5.41, 5.74) is 3.90. The summed E-state index contributed by atoms with van der Waals surface area (Å²) in [6.45, 7) is 0. The number of carbonyl (C=O) groups is 4. The average Bonchev–Trinajstić information content (AvgIpc) is 2.71. The number of nitrogens with one attached hydrogen (secondary N) is 2. The van der Waals surface area contributed by atoms with E-state index < -0.39 is 0 Å². The molecule has 2 aromatic rings. The molecule has 2 aromatic carbocycles. The summed E-state index contributed by atoms with van der Waals surface area (Å²) < 4.78 is 0. The van der Waals surface area contributed by atoms with Gasteiger partial charge in [0.2, 0.25) is 11.8 Å². The first-order valence-corrected chi connectivity index (χ1v) is 9.69. The van der Waals surface area contributed by atoms with Gasteiger partial charge in [0.25, 0.3) is 11.1 Å². The van der Waals surface area contributed by atoms with Gasteiger partial charge in [-0.3, -0.25) is 24.6 Å². The van der Waals surface area contributed by atoms with Crippen LogP contribution in [0.5, 0.6) is 0 Å². The lowest BCUT2D eigenvalue weighted by molar-refractivity contribution is -0.130. The van der Waals surface area contributed by atoms with E-state index in [4.69, 9.17) is 0 Å². The van der Waals surface area contributed by atoms with Crippen molar-refractivity contribution in [1.82, 2.24) is 10.3 Å². The molecule has 0 aromatic heterocycles. The zero-order chi connectivity index (χ0) is 21.0. The number of anilines is 2. The van der Waals surface area contributed by atoms with E-state index in [1.807, 2.05) is 0 Å². The third-order valence-electron chi connectivity index (χ3n) is 4.14. The number of nitrogens with zero attached hydrogens (tertiary/aromatic N) is 2. The Balaban J connectivity index is 1.73. The first kappa shape index (κ1) is 20.4. The van der Waals surface area contributed by atoms with Crippen molar-refractivity contribution in [3.05, 3.63) is 54.1 Å². The second kappa shape index (κ2) is 8.78. The van der Waals surface area contributed by atoms with Gasteiger partial charge in [-0.2, -0.15) is 0 Å². The van der Waals surface area contributed by atoms with Gasteiger partial charge in [-0.1, -0.05) is 12.1 Å². The van der Waals surface area contributed by atoms with Crippen LogP contribution in [0, 0.1) is 0 Å². The van der Waals surface area contributed by atoms with E-state index in [9.17, 15) is 19.2 Å². The number of thioether (sulfide) groups is 1. The van der Waals surface area contributed by atoms with Crippen LogP contribution in [0.2, 0.25) is 0 Å². The quantitative estimate of drug-likeness (QED) is 0.753. The molecule has 1 saturated heterocycles. The Kier molecular flexibility index (Phi) is 6.18. The predicted octanol–water partition coefficient (Wildman–Crippen LogP) is 2.87. The van der Waals surface area contributed by atoms with Gasteiger partial charge >= 0.3 is 0 Å². The molecule has 3 rings (SSSR count). The lowest BCUT2D eigenvalue weighted by atomic mass is 10.1. The van der Waals surface area contributed by atoms with Gasteiger partial charge in [-0.25, -0.2) is 5.01 Å². The van der Waals surface area contributed by atoms with Crippen LogP contribution in [0.4, 0.5) is 16.2 Å². The molecule has 1 aliphatic heterocycles. The van der Waals surface area contributed by atoms with Crippen molar-refractivity contribution in [2.45, 2.75) is 17.7 Å². The maximum atomic E-state index is 12.6. The van der Waals surface area contributed by atoms with Gasteiger partial charge < -0.3 is 10.2 Å². The van der Waals surface area contributed by atoms with E-state index in [1.54, 1.807) is 62.6 Å². The zero-order valence-electron chi connectivity index (χ0n) is 16.0. The zero-order valence-corrected chi connectivity index (χ0v) is 16.8. The molecule has 0 saturated carbocycles. The predicted molar refractivity (Wildman–Crippen MR) is 111 cm³/mol. The maximum Gasteiger partial charge on any atom is 0.286 e. The minimum atomic E-state index is -0.351. The number of hydrogen-bond acceptors (Lipinski definition) is 5. The molecule has 8 nitrogen and oxygen atoms in total. The van der Waals surface area contributed by atoms with E-state index in [-0.39, 0.29) is 35.8 Å². The van der Waals surface area contributed by atoms with Crippen molar-refractivity contribution < 1.29 is 19.2 Å². The van der Waals surface area contributed by atoms with Gasteiger partial charge in [0.15, 0.2) is 0 Å². The fourth-order valence-corrected chi connectivity index (χ4v) is 3.33. The second-order valence-corrected chi connectivity index (χ2v) is 7.52. The highest BCUT2D eigenvalue weighted by Crippen LogP contribution is 2.29.